The van der Waals surface area contributed by atoms with Crippen LogP contribution in [0.15, 0.2) is 60.7 Å². The lowest BCUT2D eigenvalue weighted by molar-refractivity contribution is -0.265. The van der Waals surface area contributed by atoms with Crippen molar-refractivity contribution in [1.82, 2.24) is 0 Å². The van der Waals surface area contributed by atoms with Gasteiger partial charge in [0.15, 0.2) is 24.6 Å². The summed E-state index contributed by atoms with van der Waals surface area (Å²) in [5.74, 6) is -2.02. The van der Waals surface area contributed by atoms with Crippen molar-refractivity contribution in [2.75, 3.05) is 6.61 Å². The molecule has 2 fully saturated rings. The molecule has 12 nitrogen and oxygen atoms in total. The summed E-state index contributed by atoms with van der Waals surface area (Å²) in [5, 5.41) is 0. The molecule has 0 aliphatic carbocycles. The molecule has 0 N–H and O–H groups in total. The van der Waals surface area contributed by atoms with Crippen LogP contribution in [0.1, 0.15) is 38.8 Å². The normalized spacial score (nSPS) is 27.5. The van der Waals surface area contributed by atoms with E-state index in [1.807, 2.05) is 36.4 Å². The number of ether oxygens (including phenoxy) is 6. The van der Waals surface area contributed by atoms with Crippen molar-refractivity contribution >= 4 is 25.5 Å². The summed E-state index contributed by atoms with van der Waals surface area (Å²) >= 11 is 0. The predicted octanol–water partition coefficient (Wildman–Crippen LogP) is 3.85. The highest BCUT2D eigenvalue weighted by Crippen LogP contribution is 2.65. The summed E-state index contributed by atoms with van der Waals surface area (Å²) < 4.78 is 60.5. The molecule has 0 aromatic heterocycles. The number of carbonyl (C=O) groups is 3. The SMILES string of the molecule is CC(=O)OCC1OC2OC(C)(P(=O)(OCc3ccccc3)OCc3ccccc3)OC2C(OC(C)=O)C1OC(C)=O. The van der Waals surface area contributed by atoms with Crippen molar-refractivity contribution in [3.8, 4) is 0 Å². The maximum absolute atomic E-state index is 14.5. The highest BCUT2D eigenvalue weighted by molar-refractivity contribution is 7.55. The van der Waals surface area contributed by atoms with E-state index in [2.05, 4.69) is 0 Å². The number of hydrogen-bond acceptors (Lipinski definition) is 12. The molecule has 2 aromatic rings. The van der Waals surface area contributed by atoms with Gasteiger partial charge in [0.1, 0.15) is 12.7 Å². The Labute approximate surface area is 237 Å². The highest BCUT2D eigenvalue weighted by Gasteiger charge is 2.65. The predicted molar refractivity (Wildman–Crippen MR) is 141 cm³/mol. The molecule has 2 saturated heterocycles. The Hall–Kier alpha value is -3.12. The van der Waals surface area contributed by atoms with Crippen LogP contribution < -0.4 is 0 Å². The van der Waals surface area contributed by atoms with Crippen LogP contribution in [0, 0.1) is 0 Å². The van der Waals surface area contributed by atoms with Gasteiger partial charge in [0.05, 0.1) is 13.2 Å². The third-order valence-corrected chi connectivity index (χ3v) is 8.46. The van der Waals surface area contributed by atoms with E-state index >= 15 is 0 Å². The molecule has 222 valence electrons. The van der Waals surface area contributed by atoms with Gasteiger partial charge in [-0.05, 0) is 11.1 Å². The van der Waals surface area contributed by atoms with Crippen LogP contribution in [0.3, 0.4) is 0 Å². The van der Waals surface area contributed by atoms with Gasteiger partial charge in [-0.2, -0.15) is 0 Å². The summed E-state index contributed by atoms with van der Waals surface area (Å²) in [5.41, 5.74) is -0.595. The van der Waals surface area contributed by atoms with E-state index < -0.39 is 61.7 Å². The molecule has 2 heterocycles. The number of esters is 3. The van der Waals surface area contributed by atoms with E-state index in [1.54, 1.807) is 24.3 Å². The zero-order chi connectivity index (χ0) is 29.6. The van der Waals surface area contributed by atoms with Gasteiger partial charge in [0.25, 0.3) is 5.53 Å². The minimum absolute atomic E-state index is 0.0933. The summed E-state index contributed by atoms with van der Waals surface area (Å²) in [6.45, 7) is 4.38. The third kappa shape index (κ3) is 7.59. The Morgan fingerprint density at radius 2 is 1.29 bits per heavy atom. The summed E-state index contributed by atoms with van der Waals surface area (Å²) in [6, 6.07) is 18.1. The van der Waals surface area contributed by atoms with Gasteiger partial charge >= 0.3 is 25.5 Å². The van der Waals surface area contributed by atoms with Crippen LogP contribution in [-0.4, -0.2) is 60.7 Å². The molecular formula is C28H33O12P. The Balaban J connectivity index is 1.65. The minimum Gasteiger partial charge on any atom is -0.463 e. The zero-order valence-electron chi connectivity index (χ0n) is 23.1. The lowest BCUT2D eigenvalue weighted by Crippen LogP contribution is -2.60. The molecule has 0 saturated carbocycles. The molecule has 0 bridgehead atoms. The molecule has 6 unspecified atom stereocenters. The van der Waals surface area contributed by atoms with Gasteiger partial charge in [0.2, 0.25) is 0 Å². The maximum Gasteiger partial charge on any atom is 0.390 e. The number of rotatable bonds is 11. The molecular weight excluding hydrogens is 559 g/mol. The smallest absolute Gasteiger partial charge is 0.390 e. The maximum atomic E-state index is 14.5. The van der Waals surface area contributed by atoms with E-state index in [0.717, 1.165) is 11.1 Å². The standard InChI is InChI=1S/C28H33O12P/c1-18(29)33-17-23-24(36-19(2)30)25(37-20(3)31)26-27(38-23)40-28(4,39-26)41(32,34-15-21-11-7-5-8-12-21)35-16-22-13-9-6-10-14-22/h5-14,23-27H,15-17H2,1-4H3. The second-order valence-corrected chi connectivity index (χ2v) is 11.9. The van der Waals surface area contributed by atoms with Crippen molar-refractivity contribution in [1.29, 1.82) is 0 Å². The Kier molecular flexibility index (Phi) is 9.96. The summed E-state index contributed by atoms with van der Waals surface area (Å²) in [7, 11) is -4.30. The van der Waals surface area contributed by atoms with E-state index in [-0.39, 0.29) is 19.8 Å². The van der Waals surface area contributed by atoms with Crippen molar-refractivity contribution in [2.24, 2.45) is 0 Å². The van der Waals surface area contributed by atoms with Gasteiger partial charge in [-0.25, -0.2) is 0 Å². The second kappa shape index (κ2) is 13.2. The molecule has 2 aliphatic rings. The second-order valence-electron chi connectivity index (χ2n) is 9.61. The van der Waals surface area contributed by atoms with Gasteiger partial charge < -0.3 is 37.5 Å². The molecule has 0 radical (unpaired) electrons. The highest BCUT2D eigenvalue weighted by atomic mass is 31.2. The van der Waals surface area contributed by atoms with Crippen LogP contribution in [0.4, 0.5) is 0 Å². The molecule has 4 rings (SSSR count). The van der Waals surface area contributed by atoms with Crippen LogP contribution in [-0.2, 0) is 69.6 Å². The Morgan fingerprint density at radius 1 is 0.780 bits per heavy atom. The number of carbonyl (C=O) groups excluding carboxylic acids is 3. The van der Waals surface area contributed by atoms with Crippen LogP contribution in [0.25, 0.3) is 0 Å². The lowest BCUT2D eigenvalue weighted by Gasteiger charge is -2.40. The number of benzene rings is 2. The first-order valence-electron chi connectivity index (χ1n) is 13.0. The third-order valence-electron chi connectivity index (χ3n) is 6.32. The monoisotopic (exact) mass is 592 g/mol. The fourth-order valence-corrected chi connectivity index (χ4v) is 6.12. The molecule has 41 heavy (non-hydrogen) atoms. The van der Waals surface area contributed by atoms with Gasteiger partial charge in [-0.15, -0.1) is 0 Å². The Morgan fingerprint density at radius 3 is 1.78 bits per heavy atom. The fraction of sp³-hybridized carbons (Fsp3) is 0.464. The molecule has 2 aromatic carbocycles. The van der Waals surface area contributed by atoms with E-state index in [4.69, 9.17) is 37.5 Å². The first kappa shape index (κ1) is 30.8. The number of fused-ring (bicyclic) bond motifs is 1. The quantitative estimate of drug-likeness (QED) is 0.212. The Bertz CT molecular complexity index is 1210. The first-order chi connectivity index (χ1) is 19.5. The van der Waals surface area contributed by atoms with E-state index in [0.29, 0.717) is 0 Å². The summed E-state index contributed by atoms with van der Waals surface area (Å²) in [4.78, 5) is 35.6. The fourth-order valence-electron chi connectivity index (χ4n) is 4.46. The molecule has 6 atom stereocenters. The molecule has 2 aliphatic heterocycles. The molecule has 13 heteroatoms. The van der Waals surface area contributed by atoms with E-state index in [1.165, 1.54) is 27.7 Å². The van der Waals surface area contributed by atoms with Crippen molar-refractivity contribution in [3.05, 3.63) is 71.8 Å². The molecule has 0 spiro atoms. The van der Waals surface area contributed by atoms with Gasteiger partial charge in [-0.1, -0.05) is 60.7 Å². The van der Waals surface area contributed by atoms with Crippen LogP contribution >= 0.6 is 7.60 Å². The van der Waals surface area contributed by atoms with Crippen molar-refractivity contribution < 1.29 is 56.4 Å². The molecule has 0 amide bonds. The average Bonchev–Trinajstić information content (AvgIpc) is 3.29. The van der Waals surface area contributed by atoms with Gasteiger partial charge in [-0.3, -0.25) is 18.9 Å². The average molecular weight is 593 g/mol. The van der Waals surface area contributed by atoms with Crippen molar-refractivity contribution in [2.45, 2.75) is 77.1 Å². The zero-order valence-corrected chi connectivity index (χ0v) is 24.0. The van der Waals surface area contributed by atoms with Crippen molar-refractivity contribution in [3.63, 3.8) is 0 Å². The summed E-state index contributed by atoms with van der Waals surface area (Å²) in [6.07, 6.45) is -6.11. The largest absolute Gasteiger partial charge is 0.463 e. The minimum atomic E-state index is -4.30. The van der Waals surface area contributed by atoms with E-state index in [9.17, 15) is 18.9 Å². The van der Waals surface area contributed by atoms with Crippen LogP contribution in [0.5, 0.6) is 0 Å². The van der Waals surface area contributed by atoms with Crippen LogP contribution in [0.2, 0.25) is 0 Å². The lowest BCUT2D eigenvalue weighted by atomic mass is 9.98. The topological polar surface area (TPSA) is 142 Å². The first-order valence-corrected chi connectivity index (χ1v) is 14.5. The number of hydrogen-bond donors (Lipinski definition) is 0. The van der Waals surface area contributed by atoms with Gasteiger partial charge in [0, 0.05) is 27.7 Å².